The third-order valence-electron chi connectivity index (χ3n) is 2.18. The van der Waals surface area contributed by atoms with Crippen LogP contribution >= 0.6 is 11.6 Å². The van der Waals surface area contributed by atoms with Crippen LogP contribution in [0.3, 0.4) is 0 Å². The number of aliphatic hydroxyl groups excluding tert-OH is 1. The van der Waals surface area contributed by atoms with Gasteiger partial charge in [0.2, 0.25) is 0 Å². The van der Waals surface area contributed by atoms with Gasteiger partial charge in [0.05, 0.1) is 16.5 Å². The van der Waals surface area contributed by atoms with Crippen molar-refractivity contribution in [3.63, 3.8) is 0 Å². The Hall–Kier alpha value is -1.11. The summed E-state index contributed by atoms with van der Waals surface area (Å²) < 4.78 is 27.3. The van der Waals surface area contributed by atoms with Crippen molar-refractivity contribution >= 4 is 27.4 Å². The number of hydrogen-bond acceptors (Lipinski definition) is 5. The SMILES string of the molecule is CCOC(=O)C(O)c1ccc(S(C)(=O)=O)c(Cl)c1. The third kappa shape index (κ3) is 3.44. The van der Waals surface area contributed by atoms with Gasteiger partial charge in [0.25, 0.3) is 0 Å². The predicted molar refractivity (Wildman–Crippen MR) is 66.2 cm³/mol. The molecule has 0 spiro atoms. The Balaban J connectivity index is 3.09. The fraction of sp³-hybridized carbons (Fsp3) is 0.364. The maximum absolute atomic E-state index is 11.3. The number of esters is 1. The summed E-state index contributed by atoms with van der Waals surface area (Å²) in [5.41, 5.74) is 0.186. The first-order valence-corrected chi connectivity index (χ1v) is 7.38. The zero-order valence-corrected chi connectivity index (χ0v) is 11.5. The van der Waals surface area contributed by atoms with Crippen LogP contribution < -0.4 is 0 Å². The number of carbonyl (C=O) groups excluding carboxylic acids is 1. The van der Waals surface area contributed by atoms with Crippen molar-refractivity contribution in [1.82, 2.24) is 0 Å². The van der Waals surface area contributed by atoms with E-state index in [2.05, 4.69) is 4.74 Å². The van der Waals surface area contributed by atoms with Crippen molar-refractivity contribution in [1.29, 1.82) is 0 Å². The molecule has 0 heterocycles. The van der Waals surface area contributed by atoms with E-state index >= 15 is 0 Å². The van der Waals surface area contributed by atoms with Gasteiger partial charge in [0.15, 0.2) is 15.9 Å². The van der Waals surface area contributed by atoms with Crippen LogP contribution in [0.25, 0.3) is 0 Å². The maximum atomic E-state index is 11.3. The maximum Gasteiger partial charge on any atom is 0.339 e. The highest BCUT2D eigenvalue weighted by molar-refractivity contribution is 7.90. The molecule has 0 aromatic heterocycles. The number of benzene rings is 1. The van der Waals surface area contributed by atoms with E-state index in [-0.39, 0.29) is 22.1 Å². The Labute approximate surface area is 110 Å². The molecule has 1 rings (SSSR count). The predicted octanol–water partition coefficient (Wildman–Crippen LogP) is 1.34. The molecular weight excluding hydrogens is 280 g/mol. The number of rotatable bonds is 4. The van der Waals surface area contributed by atoms with E-state index in [0.29, 0.717) is 0 Å². The molecule has 0 aliphatic carbocycles. The van der Waals surface area contributed by atoms with Gasteiger partial charge in [-0.05, 0) is 24.6 Å². The van der Waals surface area contributed by atoms with Crippen LogP contribution in [0.4, 0.5) is 0 Å². The number of ether oxygens (including phenoxy) is 1. The molecule has 0 saturated carbocycles. The smallest absolute Gasteiger partial charge is 0.339 e. The van der Waals surface area contributed by atoms with Gasteiger partial charge < -0.3 is 9.84 Å². The summed E-state index contributed by atoms with van der Waals surface area (Å²) >= 11 is 5.80. The summed E-state index contributed by atoms with van der Waals surface area (Å²) in [6.07, 6.45) is -0.452. The van der Waals surface area contributed by atoms with Crippen molar-refractivity contribution < 1.29 is 23.1 Å². The van der Waals surface area contributed by atoms with Gasteiger partial charge in [-0.1, -0.05) is 17.7 Å². The van der Waals surface area contributed by atoms with Gasteiger partial charge >= 0.3 is 5.97 Å². The highest BCUT2D eigenvalue weighted by Gasteiger charge is 2.21. The summed E-state index contributed by atoms with van der Waals surface area (Å²) in [6, 6.07) is 3.80. The molecule has 0 bridgehead atoms. The Morgan fingerprint density at radius 3 is 2.56 bits per heavy atom. The van der Waals surface area contributed by atoms with Crippen LogP contribution in [-0.2, 0) is 19.4 Å². The zero-order chi connectivity index (χ0) is 13.9. The lowest BCUT2D eigenvalue weighted by Crippen LogP contribution is -2.15. The van der Waals surface area contributed by atoms with E-state index in [1.54, 1.807) is 6.92 Å². The molecule has 7 heteroatoms. The summed E-state index contributed by atoms with van der Waals surface area (Å²) in [4.78, 5) is 11.3. The monoisotopic (exact) mass is 292 g/mol. The summed E-state index contributed by atoms with van der Waals surface area (Å²) in [6.45, 7) is 1.76. The van der Waals surface area contributed by atoms with Gasteiger partial charge in [-0.25, -0.2) is 13.2 Å². The Bertz CT molecular complexity index is 553. The molecule has 1 N–H and O–H groups in total. The molecule has 1 aromatic rings. The zero-order valence-electron chi connectivity index (χ0n) is 9.88. The molecule has 0 aliphatic rings. The topological polar surface area (TPSA) is 80.7 Å². The summed E-state index contributed by atoms with van der Waals surface area (Å²) in [5.74, 6) is -0.805. The van der Waals surface area contributed by atoms with Gasteiger partial charge in [0, 0.05) is 6.26 Å². The Morgan fingerprint density at radius 1 is 1.50 bits per heavy atom. The van der Waals surface area contributed by atoms with Crippen LogP contribution in [0.5, 0.6) is 0 Å². The average Bonchev–Trinajstić information content (AvgIpc) is 2.26. The first-order chi connectivity index (χ1) is 8.27. The molecule has 1 unspecified atom stereocenters. The first kappa shape index (κ1) is 14.9. The first-order valence-electron chi connectivity index (χ1n) is 5.11. The lowest BCUT2D eigenvalue weighted by molar-refractivity contribution is -0.153. The molecule has 100 valence electrons. The van der Waals surface area contributed by atoms with Crippen LogP contribution in [0.15, 0.2) is 23.1 Å². The third-order valence-corrected chi connectivity index (χ3v) is 3.76. The largest absolute Gasteiger partial charge is 0.464 e. The minimum atomic E-state index is -3.44. The standard InChI is InChI=1S/C11H13ClO5S/c1-3-17-11(14)10(13)7-4-5-9(8(12)6-7)18(2,15)16/h4-6,10,13H,3H2,1-2H3. The minimum absolute atomic E-state index is 0.0432. The fourth-order valence-corrected chi connectivity index (χ4v) is 2.68. The van der Waals surface area contributed by atoms with E-state index < -0.39 is 21.9 Å². The molecule has 1 atom stereocenters. The van der Waals surface area contributed by atoms with Crippen molar-refractivity contribution in [2.75, 3.05) is 12.9 Å². The molecule has 0 radical (unpaired) electrons. The van der Waals surface area contributed by atoms with Crippen molar-refractivity contribution in [3.8, 4) is 0 Å². The molecule has 0 fully saturated rings. The molecule has 1 aromatic carbocycles. The molecule has 0 saturated heterocycles. The van der Waals surface area contributed by atoms with Crippen molar-refractivity contribution in [3.05, 3.63) is 28.8 Å². The Morgan fingerprint density at radius 2 is 2.11 bits per heavy atom. The minimum Gasteiger partial charge on any atom is -0.464 e. The van der Waals surface area contributed by atoms with Crippen LogP contribution in [0, 0.1) is 0 Å². The van der Waals surface area contributed by atoms with E-state index in [1.165, 1.54) is 18.2 Å². The van der Waals surface area contributed by atoms with E-state index in [9.17, 15) is 18.3 Å². The normalized spacial score (nSPS) is 13.1. The van der Waals surface area contributed by atoms with Crippen molar-refractivity contribution in [2.24, 2.45) is 0 Å². The lowest BCUT2D eigenvalue weighted by Gasteiger charge is -2.11. The molecule has 0 aliphatic heterocycles. The van der Waals surface area contributed by atoms with E-state index in [4.69, 9.17) is 11.6 Å². The van der Waals surface area contributed by atoms with Gasteiger partial charge in [-0.15, -0.1) is 0 Å². The highest BCUT2D eigenvalue weighted by atomic mass is 35.5. The molecule has 18 heavy (non-hydrogen) atoms. The van der Waals surface area contributed by atoms with Crippen LogP contribution in [-0.4, -0.2) is 32.4 Å². The molecule has 0 amide bonds. The lowest BCUT2D eigenvalue weighted by atomic mass is 10.1. The second-order valence-corrected chi connectivity index (χ2v) is 6.01. The number of carbonyl (C=O) groups is 1. The van der Waals surface area contributed by atoms with Gasteiger partial charge in [-0.2, -0.15) is 0 Å². The van der Waals surface area contributed by atoms with Crippen LogP contribution in [0.2, 0.25) is 5.02 Å². The second-order valence-electron chi connectivity index (χ2n) is 3.62. The Kier molecular flexibility index (Phi) is 4.72. The number of sulfone groups is 1. The average molecular weight is 293 g/mol. The summed E-state index contributed by atoms with van der Waals surface area (Å²) in [7, 11) is -3.44. The number of halogens is 1. The van der Waals surface area contributed by atoms with E-state index in [1.807, 2.05) is 0 Å². The number of aliphatic hydroxyl groups is 1. The molecule has 5 nitrogen and oxygen atoms in total. The van der Waals surface area contributed by atoms with E-state index in [0.717, 1.165) is 6.26 Å². The number of hydrogen-bond donors (Lipinski definition) is 1. The highest BCUT2D eigenvalue weighted by Crippen LogP contribution is 2.26. The van der Waals surface area contributed by atoms with Crippen molar-refractivity contribution in [2.45, 2.75) is 17.9 Å². The van der Waals surface area contributed by atoms with Gasteiger partial charge in [0.1, 0.15) is 0 Å². The fourth-order valence-electron chi connectivity index (χ4n) is 1.35. The van der Waals surface area contributed by atoms with Gasteiger partial charge in [-0.3, -0.25) is 0 Å². The quantitative estimate of drug-likeness (QED) is 0.847. The summed E-state index contributed by atoms with van der Waals surface area (Å²) in [5, 5.41) is 9.61. The molecular formula is C11H13ClO5S. The second kappa shape index (κ2) is 5.69. The van der Waals surface area contributed by atoms with Crippen LogP contribution in [0.1, 0.15) is 18.6 Å².